The number of nitrogens with zero attached hydrogens (tertiary/aromatic N) is 2. The van der Waals surface area contributed by atoms with Gasteiger partial charge >= 0.3 is 0 Å². The van der Waals surface area contributed by atoms with Gasteiger partial charge in [-0.1, -0.05) is 0 Å². The number of fused-ring (bicyclic) bond motifs is 2. The molecule has 1 aromatic rings. The molecule has 0 radical (unpaired) electrons. The summed E-state index contributed by atoms with van der Waals surface area (Å²) >= 11 is 0. The fraction of sp³-hybridized carbons (Fsp3) is 0.643. The van der Waals surface area contributed by atoms with Crippen LogP contribution in [0.25, 0.3) is 0 Å². The Hall–Kier alpha value is -0.980. The van der Waals surface area contributed by atoms with Crippen molar-refractivity contribution in [1.29, 1.82) is 0 Å². The van der Waals surface area contributed by atoms with Crippen LogP contribution in [0.3, 0.4) is 0 Å². The predicted octanol–water partition coefficient (Wildman–Crippen LogP) is 0.780. The molecule has 0 aliphatic carbocycles. The Morgan fingerprint density at radius 2 is 1.95 bits per heavy atom. The van der Waals surface area contributed by atoms with Gasteiger partial charge in [0.2, 0.25) is 10.0 Å². The zero-order valence-electron chi connectivity index (χ0n) is 11.5. The molecule has 3 heterocycles. The molecule has 1 aromatic heterocycles. The number of aromatic nitrogens is 1. The van der Waals surface area contributed by atoms with Crippen molar-refractivity contribution < 1.29 is 8.42 Å². The van der Waals surface area contributed by atoms with Gasteiger partial charge in [-0.25, -0.2) is 12.7 Å². The first kappa shape index (κ1) is 14.0. The van der Waals surface area contributed by atoms with E-state index in [4.69, 9.17) is 0 Å². The smallest absolute Gasteiger partial charge is 0.214 e. The van der Waals surface area contributed by atoms with Crippen molar-refractivity contribution in [1.82, 2.24) is 14.6 Å². The van der Waals surface area contributed by atoms with E-state index in [0.29, 0.717) is 31.6 Å². The second kappa shape index (κ2) is 5.79. The van der Waals surface area contributed by atoms with Gasteiger partial charge in [-0.15, -0.1) is 0 Å². The van der Waals surface area contributed by atoms with Gasteiger partial charge in [-0.3, -0.25) is 4.98 Å². The Bertz CT molecular complexity index is 547. The second-order valence-electron chi connectivity index (χ2n) is 5.71. The van der Waals surface area contributed by atoms with Crippen LogP contribution in [0.5, 0.6) is 0 Å². The van der Waals surface area contributed by atoms with Crippen LogP contribution in [0.1, 0.15) is 24.8 Å². The van der Waals surface area contributed by atoms with Crippen LogP contribution in [0.4, 0.5) is 0 Å². The predicted molar refractivity (Wildman–Crippen MR) is 77.9 cm³/mol. The quantitative estimate of drug-likeness (QED) is 0.892. The Morgan fingerprint density at radius 1 is 1.20 bits per heavy atom. The van der Waals surface area contributed by atoms with Crippen molar-refractivity contribution in [2.75, 3.05) is 18.8 Å². The Kier molecular flexibility index (Phi) is 4.05. The summed E-state index contributed by atoms with van der Waals surface area (Å²) in [5, 5.41) is 3.51. The fourth-order valence-electron chi connectivity index (χ4n) is 3.09. The minimum atomic E-state index is -3.15. The lowest BCUT2D eigenvalue weighted by Crippen LogP contribution is -2.40. The van der Waals surface area contributed by atoms with E-state index in [1.807, 2.05) is 12.1 Å². The molecule has 20 heavy (non-hydrogen) atoms. The lowest BCUT2D eigenvalue weighted by Gasteiger charge is -2.23. The highest BCUT2D eigenvalue weighted by Gasteiger charge is 2.33. The van der Waals surface area contributed by atoms with Crippen molar-refractivity contribution in [3.8, 4) is 0 Å². The van der Waals surface area contributed by atoms with E-state index in [9.17, 15) is 8.42 Å². The summed E-state index contributed by atoms with van der Waals surface area (Å²) in [6, 6.07) is 4.61. The van der Waals surface area contributed by atoms with E-state index in [2.05, 4.69) is 10.3 Å². The third-order valence-corrected chi connectivity index (χ3v) is 6.12. The molecule has 110 valence electrons. The van der Waals surface area contributed by atoms with Crippen LogP contribution in [0.15, 0.2) is 24.5 Å². The SMILES string of the molecule is O=S(=O)(CCc1ccncc1)N1CCC2CCC(C1)N2. The Labute approximate surface area is 120 Å². The molecule has 2 unspecified atom stereocenters. The fourth-order valence-corrected chi connectivity index (χ4v) is 4.63. The maximum atomic E-state index is 12.5. The largest absolute Gasteiger partial charge is 0.310 e. The van der Waals surface area contributed by atoms with Gasteiger partial charge in [0.1, 0.15) is 0 Å². The molecule has 6 heteroatoms. The number of hydrogen-bond donors (Lipinski definition) is 1. The lowest BCUT2D eigenvalue weighted by atomic mass is 10.1. The molecule has 1 N–H and O–H groups in total. The summed E-state index contributed by atoms with van der Waals surface area (Å²) in [7, 11) is -3.15. The van der Waals surface area contributed by atoms with E-state index in [1.54, 1.807) is 16.7 Å². The zero-order chi connectivity index (χ0) is 14.0. The van der Waals surface area contributed by atoms with E-state index < -0.39 is 10.0 Å². The highest BCUT2D eigenvalue weighted by atomic mass is 32.2. The number of sulfonamides is 1. The van der Waals surface area contributed by atoms with Gasteiger partial charge in [-0.05, 0) is 43.4 Å². The summed E-state index contributed by atoms with van der Waals surface area (Å²) in [5.74, 6) is 0.189. The van der Waals surface area contributed by atoms with Gasteiger partial charge in [0, 0.05) is 37.6 Å². The van der Waals surface area contributed by atoms with E-state index in [1.165, 1.54) is 6.42 Å². The first-order valence-corrected chi connectivity index (χ1v) is 8.87. The highest BCUT2D eigenvalue weighted by Crippen LogP contribution is 2.22. The summed E-state index contributed by atoms with van der Waals surface area (Å²) in [4.78, 5) is 3.95. The summed E-state index contributed by atoms with van der Waals surface area (Å²) in [5.41, 5.74) is 1.03. The standard InChI is InChI=1S/C14H21N3O2S/c18-20(19,10-6-12-3-7-15-8-4-12)17-9-5-13-1-2-14(11-17)16-13/h3-4,7-8,13-14,16H,1-2,5-6,9-11H2. The van der Waals surface area contributed by atoms with Crippen LogP contribution in [0.2, 0.25) is 0 Å². The zero-order valence-corrected chi connectivity index (χ0v) is 12.3. The molecule has 5 nitrogen and oxygen atoms in total. The molecule has 2 saturated heterocycles. The van der Waals surface area contributed by atoms with Gasteiger partial charge in [0.25, 0.3) is 0 Å². The van der Waals surface area contributed by atoms with E-state index in [-0.39, 0.29) is 5.75 Å². The Morgan fingerprint density at radius 3 is 2.75 bits per heavy atom. The average molecular weight is 295 g/mol. The maximum Gasteiger partial charge on any atom is 0.214 e. The molecular weight excluding hydrogens is 274 g/mol. The Balaban J connectivity index is 1.63. The van der Waals surface area contributed by atoms with Crippen LogP contribution in [-0.4, -0.2) is 48.6 Å². The normalized spacial score (nSPS) is 27.4. The summed E-state index contributed by atoms with van der Waals surface area (Å²) in [6.07, 6.45) is 7.19. The second-order valence-corrected chi connectivity index (χ2v) is 7.79. The number of pyridine rings is 1. The van der Waals surface area contributed by atoms with Gasteiger partial charge in [0.15, 0.2) is 0 Å². The number of rotatable bonds is 4. The van der Waals surface area contributed by atoms with Crippen LogP contribution >= 0.6 is 0 Å². The molecule has 2 aliphatic rings. The van der Waals surface area contributed by atoms with E-state index >= 15 is 0 Å². The number of nitrogens with one attached hydrogen (secondary N) is 1. The molecule has 0 aromatic carbocycles. The monoisotopic (exact) mass is 295 g/mol. The number of aryl methyl sites for hydroxylation is 1. The van der Waals surface area contributed by atoms with Crippen LogP contribution < -0.4 is 5.32 Å². The van der Waals surface area contributed by atoms with Crippen molar-refractivity contribution in [2.24, 2.45) is 0 Å². The third-order valence-electron chi connectivity index (χ3n) is 4.28. The van der Waals surface area contributed by atoms with Gasteiger partial charge in [-0.2, -0.15) is 0 Å². The molecule has 0 amide bonds. The molecule has 0 spiro atoms. The molecule has 0 saturated carbocycles. The molecule has 2 aliphatic heterocycles. The molecule has 2 bridgehead atoms. The summed E-state index contributed by atoms with van der Waals surface area (Å²) < 4.78 is 26.6. The molecule has 3 rings (SSSR count). The third kappa shape index (κ3) is 3.19. The maximum absolute atomic E-state index is 12.5. The minimum Gasteiger partial charge on any atom is -0.310 e. The molecule has 2 atom stereocenters. The van der Waals surface area contributed by atoms with E-state index in [0.717, 1.165) is 18.4 Å². The van der Waals surface area contributed by atoms with Crippen molar-refractivity contribution in [2.45, 2.75) is 37.8 Å². The lowest BCUT2D eigenvalue weighted by molar-refractivity contribution is 0.383. The van der Waals surface area contributed by atoms with Crippen LogP contribution in [-0.2, 0) is 16.4 Å². The first-order chi connectivity index (χ1) is 9.63. The summed E-state index contributed by atoms with van der Waals surface area (Å²) in [6.45, 7) is 1.29. The highest BCUT2D eigenvalue weighted by molar-refractivity contribution is 7.89. The average Bonchev–Trinajstić information content (AvgIpc) is 2.76. The van der Waals surface area contributed by atoms with Crippen molar-refractivity contribution in [3.05, 3.63) is 30.1 Å². The minimum absolute atomic E-state index is 0.189. The van der Waals surface area contributed by atoms with Gasteiger partial charge < -0.3 is 5.32 Å². The van der Waals surface area contributed by atoms with Crippen LogP contribution in [0, 0.1) is 0 Å². The number of hydrogen-bond acceptors (Lipinski definition) is 4. The van der Waals surface area contributed by atoms with Crippen molar-refractivity contribution in [3.63, 3.8) is 0 Å². The topological polar surface area (TPSA) is 62.3 Å². The molecular formula is C14H21N3O2S. The molecule has 2 fully saturated rings. The van der Waals surface area contributed by atoms with Gasteiger partial charge in [0.05, 0.1) is 5.75 Å². The first-order valence-electron chi connectivity index (χ1n) is 7.26. The van der Waals surface area contributed by atoms with Crippen molar-refractivity contribution >= 4 is 10.0 Å².